The second kappa shape index (κ2) is 7.42. The van der Waals surface area contributed by atoms with Gasteiger partial charge in [-0.3, -0.25) is 4.79 Å². The van der Waals surface area contributed by atoms with Crippen LogP contribution < -0.4 is 5.32 Å². The molecule has 0 unspecified atom stereocenters. The summed E-state index contributed by atoms with van der Waals surface area (Å²) in [6.07, 6.45) is -0.171. The summed E-state index contributed by atoms with van der Waals surface area (Å²) in [7, 11) is -3.34. The van der Waals surface area contributed by atoms with Crippen LogP contribution in [0.25, 0.3) is 0 Å². The minimum absolute atomic E-state index is 0.101. The summed E-state index contributed by atoms with van der Waals surface area (Å²) in [5.74, 6) is -0.746. The second-order valence-electron chi connectivity index (χ2n) is 4.38. The molecular weight excluding hydrogens is 341 g/mol. The number of carbonyl (C=O) groups excluding carboxylic acids is 1. The van der Waals surface area contributed by atoms with Crippen molar-refractivity contribution in [2.24, 2.45) is 0 Å². The third-order valence-corrected chi connectivity index (χ3v) is 4.28. The minimum atomic E-state index is -3.34. The fourth-order valence-electron chi connectivity index (χ4n) is 1.61. The first-order valence-electron chi connectivity index (χ1n) is 5.84. The van der Waals surface area contributed by atoms with Crippen LogP contribution in [-0.2, 0) is 14.6 Å². The number of alkyl halides is 2. The van der Waals surface area contributed by atoms with Crippen molar-refractivity contribution in [1.82, 2.24) is 5.32 Å². The predicted octanol–water partition coefficient (Wildman–Crippen LogP) is 0.404. The van der Waals surface area contributed by atoms with E-state index in [2.05, 4.69) is 5.32 Å². The van der Waals surface area contributed by atoms with Crippen molar-refractivity contribution in [3.05, 3.63) is 29.8 Å². The maximum atomic E-state index is 11.4. The van der Waals surface area contributed by atoms with Gasteiger partial charge in [-0.25, -0.2) is 8.42 Å². The summed E-state index contributed by atoms with van der Waals surface area (Å²) in [5.41, 5.74) is 0.336. The number of carbonyl (C=O) groups is 1. The molecule has 118 valence electrons. The second-order valence-corrected chi connectivity index (χ2v) is 7.50. The Morgan fingerprint density at radius 3 is 2.19 bits per heavy atom. The van der Waals surface area contributed by atoms with Gasteiger partial charge in [0.15, 0.2) is 14.7 Å². The third-order valence-electron chi connectivity index (χ3n) is 2.75. The number of aliphatic hydroxyl groups excluding tert-OH is 2. The van der Waals surface area contributed by atoms with Crippen molar-refractivity contribution < 1.29 is 23.4 Å². The molecule has 1 aromatic carbocycles. The first-order valence-corrected chi connectivity index (χ1v) is 8.60. The number of nitrogens with one attached hydrogen (secondary N) is 1. The lowest BCUT2D eigenvalue weighted by Crippen LogP contribution is -2.44. The number of benzene rings is 1. The summed E-state index contributed by atoms with van der Waals surface area (Å²) in [6.45, 7) is -0.540. The average Bonchev–Trinajstić information content (AvgIpc) is 2.42. The number of sulfone groups is 1. The molecule has 1 amide bonds. The number of rotatable bonds is 6. The summed E-state index contributed by atoms with van der Waals surface area (Å²) in [4.78, 5) is 10.1. The van der Waals surface area contributed by atoms with Crippen LogP contribution in [0.5, 0.6) is 0 Å². The number of hydrogen-bond acceptors (Lipinski definition) is 5. The van der Waals surface area contributed by atoms with E-state index in [1.165, 1.54) is 24.3 Å². The van der Waals surface area contributed by atoms with Gasteiger partial charge in [-0.1, -0.05) is 35.3 Å². The molecule has 0 saturated carbocycles. The van der Waals surface area contributed by atoms with E-state index in [0.717, 1.165) is 6.26 Å². The van der Waals surface area contributed by atoms with Gasteiger partial charge in [0.05, 0.1) is 17.5 Å². The van der Waals surface area contributed by atoms with E-state index in [0.29, 0.717) is 5.56 Å². The standard InChI is InChI=1S/C12H15Cl2NO5S/c1-21(19,20)8-4-2-7(3-5-8)10(17)9(6-16)15-12(18)11(13)14/h2-5,9-11,16-17H,6H2,1H3,(H,15,18)/t9-,10+/m0/s1. The molecule has 0 heterocycles. The Morgan fingerprint density at radius 2 is 1.81 bits per heavy atom. The van der Waals surface area contributed by atoms with Crippen LogP contribution in [0.15, 0.2) is 29.2 Å². The topological polar surface area (TPSA) is 104 Å². The molecule has 3 N–H and O–H groups in total. The van der Waals surface area contributed by atoms with E-state index in [1.807, 2.05) is 0 Å². The van der Waals surface area contributed by atoms with Crippen LogP contribution in [-0.4, -0.2) is 48.3 Å². The molecule has 0 aliphatic heterocycles. The van der Waals surface area contributed by atoms with Gasteiger partial charge < -0.3 is 15.5 Å². The zero-order valence-corrected chi connectivity index (χ0v) is 13.4. The zero-order valence-electron chi connectivity index (χ0n) is 11.0. The molecule has 1 aromatic rings. The summed E-state index contributed by atoms with van der Waals surface area (Å²) in [5, 5.41) is 21.6. The smallest absolute Gasteiger partial charge is 0.253 e. The Hall–Kier alpha value is -0.860. The Labute approximate surface area is 132 Å². The lowest BCUT2D eigenvalue weighted by Gasteiger charge is -2.23. The predicted molar refractivity (Wildman–Crippen MR) is 79.0 cm³/mol. The highest BCUT2D eigenvalue weighted by atomic mass is 35.5. The maximum absolute atomic E-state index is 11.4. The molecule has 0 radical (unpaired) electrons. The zero-order chi connectivity index (χ0) is 16.2. The minimum Gasteiger partial charge on any atom is -0.394 e. The molecule has 0 spiro atoms. The van der Waals surface area contributed by atoms with Crippen LogP contribution in [0, 0.1) is 0 Å². The van der Waals surface area contributed by atoms with Gasteiger partial charge in [-0.15, -0.1) is 0 Å². The first-order chi connectivity index (χ1) is 9.66. The number of amides is 1. The van der Waals surface area contributed by atoms with Crippen LogP contribution in [0.2, 0.25) is 0 Å². The number of hydrogen-bond donors (Lipinski definition) is 3. The highest BCUT2D eigenvalue weighted by Crippen LogP contribution is 2.20. The SMILES string of the molecule is CS(=O)(=O)c1ccc([C@@H](O)[C@H](CO)NC(=O)C(Cl)Cl)cc1. The lowest BCUT2D eigenvalue weighted by atomic mass is 10.0. The van der Waals surface area contributed by atoms with Gasteiger partial charge in [-0.05, 0) is 17.7 Å². The Kier molecular flexibility index (Phi) is 6.42. The maximum Gasteiger partial charge on any atom is 0.253 e. The van der Waals surface area contributed by atoms with Crippen LogP contribution in [0.4, 0.5) is 0 Å². The lowest BCUT2D eigenvalue weighted by molar-refractivity contribution is -0.121. The number of halogens is 2. The van der Waals surface area contributed by atoms with Gasteiger partial charge in [-0.2, -0.15) is 0 Å². The molecule has 0 aliphatic carbocycles. The molecule has 0 aromatic heterocycles. The van der Waals surface area contributed by atoms with Gasteiger partial charge in [0, 0.05) is 6.26 Å². The van der Waals surface area contributed by atoms with E-state index < -0.39 is 39.3 Å². The van der Waals surface area contributed by atoms with Crippen LogP contribution in [0.3, 0.4) is 0 Å². The fraction of sp³-hybridized carbons (Fsp3) is 0.417. The Balaban J connectivity index is 2.90. The normalized spacial score (nSPS) is 14.8. The van der Waals surface area contributed by atoms with E-state index in [9.17, 15) is 23.4 Å². The molecule has 9 heteroatoms. The van der Waals surface area contributed by atoms with Crippen molar-refractivity contribution in [2.45, 2.75) is 21.9 Å². The van der Waals surface area contributed by atoms with E-state index in [1.54, 1.807) is 0 Å². The molecule has 1 rings (SSSR count). The van der Waals surface area contributed by atoms with Crippen molar-refractivity contribution in [3.8, 4) is 0 Å². The largest absolute Gasteiger partial charge is 0.394 e. The monoisotopic (exact) mass is 355 g/mol. The molecule has 0 fully saturated rings. The van der Waals surface area contributed by atoms with Crippen molar-refractivity contribution in [2.75, 3.05) is 12.9 Å². The van der Waals surface area contributed by atoms with E-state index >= 15 is 0 Å². The summed E-state index contributed by atoms with van der Waals surface area (Å²) < 4.78 is 22.7. The Morgan fingerprint density at radius 1 is 1.29 bits per heavy atom. The molecule has 0 saturated heterocycles. The summed E-state index contributed by atoms with van der Waals surface area (Å²) >= 11 is 10.7. The molecule has 0 bridgehead atoms. The van der Waals surface area contributed by atoms with Crippen LogP contribution >= 0.6 is 23.2 Å². The quantitative estimate of drug-likeness (QED) is 0.641. The first kappa shape index (κ1) is 18.2. The van der Waals surface area contributed by atoms with E-state index in [-0.39, 0.29) is 4.90 Å². The van der Waals surface area contributed by atoms with Gasteiger partial charge in [0.1, 0.15) is 6.10 Å². The Bertz CT molecular complexity index is 588. The molecule has 0 aliphatic rings. The van der Waals surface area contributed by atoms with Gasteiger partial charge in [0.2, 0.25) is 0 Å². The van der Waals surface area contributed by atoms with E-state index in [4.69, 9.17) is 23.2 Å². The molecule has 21 heavy (non-hydrogen) atoms. The van der Waals surface area contributed by atoms with Crippen molar-refractivity contribution in [1.29, 1.82) is 0 Å². The molecular formula is C12H15Cl2NO5S. The highest BCUT2D eigenvalue weighted by molar-refractivity contribution is 7.90. The van der Waals surface area contributed by atoms with Crippen LogP contribution in [0.1, 0.15) is 11.7 Å². The molecule has 2 atom stereocenters. The van der Waals surface area contributed by atoms with Crippen molar-refractivity contribution in [3.63, 3.8) is 0 Å². The molecule has 6 nitrogen and oxygen atoms in total. The van der Waals surface area contributed by atoms with Crippen molar-refractivity contribution >= 4 is 38.9 Å². The van der Waals surface area contributed by atoms with Gasteiger partial charge in [0.25, 0.3) is 5.91 Å². The summed E-state index contributed by atoms with van der Waals surface area (Å²) in [6, 6.07) is 4.44. The third kappa shape index (κ3) is 5.12. The van der Waals surface area contributed by atoms with Gasteiger partial charge >= 0.3 is 0 Å². The highest BCUT2D eigenvalue weighted by Gasteiger charge is 2.24. The number of aliphatic hydroxyl groups is 2. The average molecular weight is 356 g/mol. The fourth-order valence-corrected chi connectivity index (χ4v) is 2.37.